The lowest BCUT2D eigenvalue weighted by Crippen LogP contribution is -2.36. The molecule has 3 heterocycles. The van der Waals surface area contributed by atoms with Crippen LogP contribution in [0.1, 0.15) is 30.7 Å². The molecular formula is C20H19F3N4O. The van der Waals surface area contributed by atoms with Gasteiger partial charge < -0.3 is 4.90 Å². The molecule has 1 saturated heterocycles. The number of amides is 1. The van der Waals surface area contributed by atoms with Gasteiger partial charge in [-0.25, -0.2) is 9.50 Å². The molecule has 0 aliphatic carbocycles. The zero-order valence-electron chi connectivity index (χ0n) is 15.1. The summed E-state index contributed by atoms with van der Waals surface area (Å²) in [6.07, 6.45) is -1.61. The summed E-state index contributed by atoms with van der Waals surface area (Å²) in [5.74, 6) is -0.111. The molecule has 4 rings (SSSR count). The van der Waals surface area contributed by atoms with E-state index in [9.17, 15) is 18.0 Å². The van der Waals surface area contributed by atoms with E-state index in [1.54, 1.807) is 35.2 Å². The Hall–Kier alpha value is -2.90. The molecule has 1 aromatic carbocycles. The van der Waals surface area contributed by atoms with Gasteiger partial charge in [0.1, 0.15) is 0 Å². The maximum atomic E-state index is 13.6. The van der Waals surface area contributed by atoms with E-state index >= 15 is 0 Å². The lowest BCUT2D eigenvalue weighted by molar-refractivity contribution is -0.142. The molecule has 1 aliphatic rings. The summed E-state index contributed by atoms with van der Waals surface area (Å²) in [7, 11) is 0. The number of aromatic nitrogens is 3. The molecule has 0 N–H and O–H groups in total. The molecule has 1 amide bonds. The minimum Gasteiger partial charge on any atom is -0.342 e. The summed E-state index contributed by atoms with van der Waals surface area (Å²) in [6.45, 7) is 1.38. The van der Waals surface area contributed by atoms with Crippen LogP contribution >= 0.6 is 0 Å². The molecule has 1 fully saturated rings. The highest BCUT2D eigenvalue weighted by Gasteiger charge is 2.35. The van der Waals surface area contributed by atoms with Crippen LogP contribution in [0.4, 0.5) is 13.2 Å². The van der Waals surface area contributed by atoms with Gasteiger partial charge in [-0.2, -0.15) is 18.3 Å². The van der Waals surface area contributed by atoms with Crippen molar-refractivity contribution < 1.29 is 18.0 Å². The van der Waals surface area contributed by atoms with Crippen LogP contribution < -0.4 is 0 Å². The van der Waals surface area contributed by atoms with Crippen LogP contribution in [0.5, 0.6) is 0 Å². The molecule has 28 heavy (non-hydrogen) atoms. The van der Waals surface area contributed by atoms with E-state index in [0.717, 1.165) is 29.8 Å². The van der Waals surface area contributed by atoms with E-state index in [1.807, 2.05) is 0 Å². The third-order valence-electron chi connectivity index (χ3n) is 4.88. The van der Waals surface area contributed by atoms with Crippen LogP contribution in [0.15, 0.2) is 42.5 Å². The Bertz CT molecular complexity index is 992. The van der Waals surface area contributed by atoms with Crippen molar-refractivity contribution in [2.75, 3.05) is 13.1 Å². The van der Waals surface area contributed by atoms with Crippen molar-refractivity contribution in [2.24, 2.45) is 0 Å². The number of carbonyl (C=O) groups is 1. The number of piperidine rings is 1. The Morgan fingerprint density at radius 3 is 2.43 bits per heavy atom. The predicted molar refractivity (Wildman–Crippen MR) is 97.6 cm³/mol. The van der Waals surface area contributed by atoms with Crippen molar-refractivity contribution in [1.29, 1.82) is 0 Å². The minimum atomic E-state index is -4.59. The Morgan fingerprint density at radius 2 is 1.75 bits per heavy atom. The van der Waals surface area contributed by atoms with Crippen LogP contribution in [0.2, 0.25) is 0 Å². The van der Waals surface area contributed by atoms with Gasteiger partial charge in [-0.15, -0.1) is 0 Å². The maximum absolute atomic E-state index is 13.6. The van der Waals surface area contributed by atoms with Gasteiger partial charge in [0.05, 0.1) is 17.8 Å². The molecule has 5 nitrogen and oxygen atoms in total. The Kier molecular flexibility index (Phi) is 4.78. The van der Waals surface area contributed by atoms with Crippen molar-refractivity contribution in [3.63, 3.8) is 0 Å². The van der Waals surface area contributed by atoms with Crippen LogP contribution in [0.25, 0.3) is 16.9 Å². The standard InChI is InChI=1S/C20H19F3N4O/c21-20(22,23)17-13-16(14-7-3-1-4-8-14)24-18-11-15(25-27(17)18)12-19(28)26-9-5-2-6-10-26/h1,3-4,7-8,11,13H,2,5-6,9-10,12H2. The van der Waals surface area contributed by atoms with E-state index in [4.69, 9.17) is 0 Å². The Labute approximate surface area is 159 Å². The van der Waals surface area contributed by atoms with Crippen LogP contribution in [0.3, 0.4) is 0 Å². The molecule has 0 atom stereocenters. The first-order chi connectivity index (χ1) is 13.4. The van der Waals surface area contributed by atoms with E-state index in [1.165, 1.54) is 6.07 Å². The third-order valence-corrected chi connectivity index (χ3v) is 4.88. The van der Waals surface area contributed by atoms with Gasteiger partial charge in [-0.1, -0.05) is 30.3 Å². The van der Waals surface area contributed by atoms with Crippen molar-refractivity contribution in [2.45, 2.75) is 31.9 Å². The van der Waals surface area contributed by atoms with Crippen LogP contribution in [-0.4, -0.2) is 38.5 Å². The first kappa shape index (κ1) is 18.5. The highest BCUT2D eigenvalue weighted by Crippen LogP contribution is 2.32. The van der Waals surface area contributed by atoms with E-state index in [-0.39, 0.29) is 23.7 Å². The molecule has 146 valence electrons. The van der Waals surface area contributed by atoms with Gasteiger partial charge in [0.15, 0.2) is 11.3 Å². The van der Waals surface area contributed by atoms with Gasteiger partial charge in [0.25, 0.3) is 0 Å². The van der Waals surface area contributed by atoms with Gasteiger partial charge >= 0.3 is 6.18 Å². The zero-order valence-corrected chi connectivity index (χ0v) is 15.1. The molecule has 0 radical (unpaired) electrons. The molecule has 0 spiro atoms. The smallest absolute Gasteiger partial charge is 0.342 e. The molecule has 3 aromatic rings. The summed E-state index contributed by atoms with van der Waals surface area (Å²) in [5.41, 5.74) is 0.263. The first-order valence-electron chi connectivity index (χ1n) is 9.22. The predicted octanol–water partition coefficient (Wildman–Crippen LogP) is 3.97. The number of carbonyl (C=O) groups excluding carboxylic acids is 1. The maximum Gasteiger partial charge on any atom is 0.433 e. The number of halogens is 3. The Morgan fingerprint density at radius 1 is 1.04 bits per heavy atom. The molecule has 0 unspecified atom stereocenters. The number of hydrogen-bond donors (Lipinski definition) is 0. The average molecular weight is 388 g/mol. The normalized spacial score (nSPS) is 15.2. The molecule has 0 saturated carbocycles. The SMILES string of the molecule is O=C(Cc1cc2nc(-c3ccccc3)cc(C(F)(F)F)n2n1)N1CCCCC1. The number of hydrogen-bond acceptors (Lipinski definition) is 3. The fourth-order valence-corrected chi connectivity index (χ4v) is 3.48. The number of nitrogens with zero attached hydrogens (tertiary/aromatic N) is 4. The van der Waals surface area contributed by atoms with Crippen LogP contribution in [0, 0.1) is 0 Å². The summed E-state index contributed by atoms with van der Waals surface area (Å²) >= 11 is 0. The quantitative estimate of drug-likeness (QED) is 0.682. The largest absolute Gasteiger partial charge is 0.433 e. The molecule has 1 aliphatic heterocycles. The molecule has 0 bridgehead atoms. The van der Waals surface area contributed by atoms with Gasteiger partial charge in [0, 0.05) is 24.7 Å². The lowest BCUT2D eigenvalue weighted by Gasteiger charge is -2.26. The summed E-state index contributed by atoms with van der Waals surface area (Å²) in [5, 5.41) is 4.04. The fraction of sp³-hybridized carbons (Fsp3) is 0.350. The van der Waals surface area contributed by atoms with Gasteiger partial charge in [-0.3, -0.25) is 4.79 Å². The van der Waals surface area contributed by atoms with Gasteiger partial charge in [0.2, 0.25) is 5.91 Å². The summed E-state index contributed by atoms with van der Waals surface area (Å²) in [6, 6.07) is 11.1. The highest BCUT2D eigenvalue weighted by molar-refractivity contribution is 5.78. The molecule has 2 aromatic heterocycles. The second-order valence-electron chi connectivity index (χ2n) is 6.91. The van der Waals surface area contributed by atoms with Crippen molar-refractivity contribution in [3.8, 4) is 11.3 Å². The number of rotatable bonds is 3. The first-order valence-corrected chi connectivity index (χ1v) is 9.22. The molecule has 8 heteroatoms. The van der Waals surface area contributed by atoms with Crippen molar-refractivity contribution >= 4 is 11.6 Å². The number of alkyl halides is 3. The topological polar surface area (TPSA) is 50.5 Å². The zero-order chi connectivity index (χ0) is 19.7. The summed E-state index contributed by atoms with van der Waals surface area (Å²) in [4.78, 5) is 18.5. The number of likely N-dealkylation sites (tertiary alicyclic amines) is 1. The van der Waals surface area contributed by atoms with E-state index in [0.29, 0.717) is 24.3 Å². The van der Waals surface area contributed by atoms with E-state index < -0.39 is 11.9 Å². The second-order valence-corrected chi connectivity index (χ2v) is 6.91. The number of fused-ring (bicyclic) bond motifs is 1. The molecular weight excluding hydrogens is 369 g/mol. The van der Waals surface area contributed by atoms with E-state index in [2.05, 4.69) is 10.1 Å². The highest BCUT2D eigenvalue weighted by atomic mass is 19.4. The van der Waals surface area contributed by atoms with Crippen LogP contribution in [-0.2, 0) is 17.4 Å². The van der Waals surface area contributed by atoms with Crippen molar-refractivity contribution in [1.82, 2.24) is 19.5 Å². The second kappa shape index (κ2) is 7.26. The monoisotopic (exact) mass is 388 g/mol. The average Bonchev–Trinajstić information content (AvgIpc) is 3.10. The lowest BCUT2D eigenvalue weighted by atomic mass is 10.1. The third kappa shape index (κ3) is 3.72. The van der Waals surface area contributed by atoms with Gasteiger partial charge in [-0.05, 0) is 25.3 Å². The fourth-order valence-electron chi connectivity index (χ4n) is 3.48. The Balaban J connectivity index is 1.72. The van der Waals surface area contributed by atoms with Crippen molar-refractivity contribution in [3.05, 3.63) is 53.9 Å². The number of benzene rings is 1. The minimum absolute atomic E-state index is 0.0265. The summed E-state index contributed by atoms with van der Waals surface area (Å²) < 4.78 is 41.6.